The Morgan fingerprint density at radius 2 is 2.00 bits per heavy atom. The van der Waals surface area contributed by atoms with Crippen molar-refractivity contribution in [1.82, 2.24) is 0 Å². The molecule has 0 aromatic heterocycles. The topological polar surface area (TPSA) is 49.3 Å². The van der Waals surface area contributed by atoms with Crippen LogP contribution in [0.5, 0.6) is 0 Å². The van der Waals surface area contributed by atoms with E-state index in [-0.39, 0.29) is 18.3 Å². The van der Waals surface area contributed by atoms with Crippen molar-refractivity contribution in [3.63, 3.8) is 0 Å². The number of aliphatic hydroxyl groups excluding tert-OH is 1. The quantitative estimate of drug-likeness (QED) is 0.846. The summed E-state index contributed by atoms with van der Waals surface area (Å²) in [5, 5.41) is 11.9. The van der Waals surface area contributed by atoms with Crippen LogP contribution in [0.1, 0.15) is 23.6 Å². The van der Waals surface area contributed by atoms with Crippen molar-refractivity contribution in [3.05, 3.63) is 71.0 Å². The fourth-order valence-corrected chi connectivity index (χ4v) is 2.13. The molecule has 2 aromatic rings. The Morgan fingerprint density at radius 1 is 1.27 bits per heavy atom. The van der Waals surface area contributed by atoms with Crippen molar-refractivity contribution in [2.24, 2.45) is 0 Å². The Labute approximate surface area is 129 Å². The van der Waals surface area contributed by atoms with Crippen molar-refractivity contribution in [1.29, 1.82) is 0 Å². The van der Waals surface area contributed by atoms with Crippen LogP contribution < -0.4 is 5.32 Å². The first-order valence-corrected chi connectivity index (χ1v) is 6.96. The van der Waals surface area contributed by atoms with Crippen LogP contribution in [0.4, 0.5) is 10.1 Å². The van der Waals surface area contributed by atoms with Crippen molar-refractivity contribution < 1.29 is 14.3 Å². The highest BCUT2D eigenvalue weighted by Gasteiger charge is 2.07. The van der Waals surface area contributed by atoms with Gasteiger partial charge in [-0.15, -0.1) is 0 Å². The van der Waals surface area contributed by atoms with E-state index in [2.05, 4.69) is 5.32 Å². The number of aliphatic hydroxyl groups is 1. The van der Waals surface area contributed by atoms with Gasteiger partial charge in [-0.05, 0) is 42.7 Å². The Balaban J connectivity index is 2.19. The van der Waals surface area contributed by atoms with Gasteiger partial charge >= 0.3 is 0 Å². The minimum absolute atomic E-state index is 0.0900. The summed E-state index contributed by atoms with van der Waals surface area (Å²) < 4.78 is 13.7. The summed E-state index contributed by atoms with van der Waals surface area (Å²) in [6, 6.07) is 11.7. The van der Waals surface area contributed by atoms with E-state index in [1.165, 1.54) is 12.1 Å². The van der Waals surface area contributed by atoms with Gasteiger partial charge in [-0.2, -0.15) is 0 Å². The predicted octanol–water partition coefficient (Wildman–Crippen LogP) is 3.67. The van der Waals surface area contributed by atoms with Crippen molar-refractivity contribution in [2.75, 3.05) is 5.32 Å². The van der Waals surface area contributed by atoms with Crippen LogP contribution in [-0.2, 0) is 11.4 Å². The van der Waals surface area contributed by atoms with Gasteiger partial charge in [0.05, 0.1) is 6.61 Å². The molecule has 1 amide bonds. The highest BCUT2D eigenvalue weighted by Crippen LogP contribution is 2.19. The number of carbonyl (C=O) groups is 1. The van der Waals surface area contributed by atoms with E-state index in [9.17, 15) is 9.18 Å². The number of rotatable bonds is 4. The normalized spacial score (nSPS) is 11.4. The summed E-state index contributed by atoms with van der Waals surface area (Å²) in [5.41, 5.74) is 3.19. The molecule has 0 bridgehead atoms. The molecule has 0 spiro atoms. The number of aryl methyl sites for hydroxylation is 1. The molecule has 114 valence electrons. The smallest absolute Gasteiger partial charge is 0.248 e. The van der Waals surface area contributed by atoms with Crippen molar-refractivity contribution >= 4 is 17.2 Å². The fourth-order valence-electron chi connectivity index (χ4n) is 2.13. The maximum absolute atomic E-state index is 13.7. The second-order valence-electron chi connectivity index (χ2n) is 5.10. The Kier molecular flexibility index (Phi) is 5.07. The lowest BCUT2D eigenvalue weighted by atomic mass is 10.1. The highest BCUT2D eigenvalue weighted by molar-refractivity contribution is 6.04. The minimum atomic E-state index is -0.359. The number of allylic oxidation sites excluding steroid dienone is 1. The maximum atomic E-state index is 13.7. The Bertz CT molecular complexity index is 723. The van der Waals surface area contributed by atoms with E-state index < -0.39 is 0 Å². The molecule has 0 unspecified atom stereocenters. The first-order chi connectivity index (χ1) is 10.5. The molecule has 0 fully saturated rings. The summed E-state index contributed by atoms with van der Waals surface area (Å²) in [4.78, 5) is 12.1. The van der Waals surface area contributed by atoms with Gasteiger partial charge in [-0.3, -0.25) is 4.79 Å². The van der Waals surface area contributed by atoms with E-state index >= 15 is 0 Å². The molecular weight excluding hydrogens is 281 g/mol. The maximum Gasteiger partial charge on any atom is 0.248 e. The molecule has 0 atom stereocenters. The second-order valence-corrected chi connectivity index (χ2v) is 5.10. The van der Waals surface area contributed by atoms with Gasteiger partial charge in [0.25, 0.3) is 0 Å². The standard InChI is InChI=1S/C18H18FNO2/c1-12-7-8-14(11-21)10-17(12)20-18(22)9-13(2)15-5-3-4-6-16(15)19/h3-10,21H,11H2,1-2H3,(H,20,22)/b13-9-. The molecule has 0 aliphatic carbocycles. The zero-order valence-electron chi connectivity index (χ0n) is 12.6. The third kappa shape index (κ3) is 3.80. The van der Waals surface area contributed by atoms with Crippen LogP contribution in [0.15, 0.2) is 48.5 Å². The van der Waals surface area contributed by atoms with Gasteiger partial charge in [0.15, 0.2) is 0 Å². The van der Waals surface area contributed by atoms with Gasteiger partial charge in [-0.25, -0.2) is 4.39 Å². The third-order valence-corrected chi connectivity index (χ3v) is 3.39. The third-order valence-electron chi connectivity index (χ3n) is 3.39. The highest BCUT2D eigenvalue weighted by atomic mass is 19.1. The number of hydrogen-bond donors (Lipinski definition) is 2. The van der Waals surface area contributed by atoms with Crippen LogP contribution in [0, 0.1) is 12.7 Å². The SMILES string of the molecule is C/C(=C/C(=O)Nc1cc(CO)ccc1C)c1ccccc1F. The summed E-state index contributed by atoms with van der Waals surface area (Å²) in [5.74, 6) is -0.693. The number of hydrogen-bond acceptors (Lipinski definition) is 2. The molecule has 3 nitrogen and oxygen atoms in total. The van der Waals surface area contributed by atoms with Gasteiger partial charge in [-0.1, -0.05) is 30.3 Å². The number of nitrogens with one attached hydrogen (secondary N) is 1. The van der Waals surface area contributed by atoms with Crippen LogP contribution in [-0.4, -0.2) is 11.0 Å². The van der Waals surface area contributed by atoms with Crippen LogP contribution in [0.3, 0.4) is 0 Å². The molecule has 0 heterocycles. The summed E-state index contributed by atoms with van der Waals surface area (Å²) in [6.07, 6.45) is 1.36. The molecule has 0 radical (unpaired) electrons. The molecule has 2 aromatic carbocycles. The Hall–Kier alpha value is -2.46. The molecular formula is C18H18FNO2. The van der Waals surface area contributed by atoms with Crippen molar-refractivity contribution in [2.45, 2.75) is 20.5 Å². The number of anilines is 1. The first-order valence-electron chi connectivity index (χ1n) is 6.96. The summed E-state index contributed by atoms with van der Waals surface area (Å²) >= 11 is 0. The summed E-state index contributed by atoms with van der Waals surface area (Å²) in [6.45, 7) is 3.46. The Morgan fingerprint density at radius 3 is 2.68 bits per heavy atom. The van der Waals surface area contributed by atoms with E-state index in [0.29, 0.717) is 16.8 Å². The summed E-state index contributed by atoms with van der Waals surface area (Å²) in [7, 11) is 0. The van der Waals surface area contributed by atoms with E-state index in [4.69, 9.17) is 5.11 Å². The number of halogens is 1. The zero-order chi connectivity index (χ0) is 16.1. The van der Waals surface area contributed by atoms with E-state index in [1.54, 1.807) is 37.3 Å². The fraction of sp³-hybridized carbons (Fsp3) is 0.167. The lowest BCUT2D eigenvalue weighted by Gasteiger charge is -2.09. The predicted molar refractivity (Wildman–Crippen MR) is 85.8 cm³/mol. The average Bonchev–Trinajstić information content (AvgIpc) is 2.49. The largest absolute Gasteiger partial charge is 0.392 e. The number of benzene rings is 2. The van der Waals surface area contributed by atoms with Crippen LogP contribution in [0.2, 0.25) is 0 Å². The van der Waals surface area contributed by atoms with Gasteiger partial charge in [0, 0.05) is 17.3 Å². The molecule has 0 saturated carbocycles. The minimum Gasteiger partial charge on any atom is -0.392 e. The lowest BCUT2D eigenvalue weighted by Crippen LogP contribution is -2.10. The molecule has 2 N–H and O–H groups in total. The molecule has 22 heavy (non-hydrogen) atoms. The van der Waals surface area contributed by atoms with Crippen LogP contribution >= 0.6 is 0 Å². The van der Waals surface area contributed by atoms with E-state index in [1.807, 2.05) is 13.0 Å². The van der Waals surface area contributed by atoms with Crippen molar-refractivity contribution in [3.8, 4) is 0 Å². The van der Waals surface area contributed by atoms with Gasteiger partial charge in [0.2, 0.25) is 5.91 Å². The first kappa shape index (κ1) is 15.9. The molecule has 2 rings (SSSR count). The van der Waals surface area contributed by atoms with E-state index in [0.717, 1.165) is 11.1 Å². The molecule has 0 saturated heterocycles. The zero-order valence-corrected chi connectivity index (χ0v) is 12.6. The number of carbonyl (C=O) groups excluding carboxylic acids is 1. The van der Waals surface area contributed by atoms with Crippen LogP contribution in [0.25, 0.3) is 5.57 Å². The molecule has 0 aliphatic rings. The average molecular weight is 299 g/mol. The molecule has 0 aliphatic heterocycles. The lowest BCUT2D eigenvalue weighted by molar-refractivity contribution is -0.111. The van der Waals surface area contributed by atoms with Gasteiger partial charge in [0.1, 0.15) is 5.82 Å². The second kappa shape index (κ2) is 7.00. The molecule has 4 heteroatoms. The monoisotopic (exact) mass is 299 g/mol. The number of amides is 1. The van der Waals surface area contributed by atoms with Gasteiger partial charge < -0.3 is 10.4 Å².